The van der Waals surface area contributed by atoms with E-state index in [-0.39, 0.29) is 29.1 Å². The van der Waals surface area contributed by atoms with Crippen LogP contribution in [-0.2, 0) is 9.59 Å². The summed E-state index contributed by atoms with van der Waals surface area (Å²) in [6.45, 7) is 3.76. The molecule has 35 heavy (non-hydrogen) atoms. The van der Waals surface area contributed by atoms with Crippen molar-refractivity contribution in [2.75, 3.05) is 4.90 Å². The number of hydrogen-bond acceptors (Lipinski definition) is 6. The van der Waals surface area contributed by atoms with E-state index in [0.29, 0.717) is 27.9 Å². The number of fused-ring (bicyclic) bond motifs is 1. The minimum absolute atomic E-state index is 0.0370. The Bertz CT molecular complexity index is 1450. The summed E-state index contributed by atoms with van der Waals surface area (Å²) in [5.41, 5.74) is 1.98. The van der Waals surface area contributed by atoms with Gasteiger partial charge >= 0.3 is 5.91 Å². The molecule has 3 aromatic carbocycles. The molecule has 5 rings (SSSR count). The Morgan fingerprint density at radius 1 is 1.03 bits per heavy atom. The molecule has 0 bridgehead atoms. The van der Waals surface area contributed by atoms with Crippen molar-refractivity contribution in [2.45, 2.75) is 26.0 Å². The molecule has 8 nitrogen and oxygen atoms in total. The molecule has 2 heterocycles. The van der Waals surface area contributed by atoms with E-state index in [2.05, 4.69) is 9.97 Å². The van der Waals surface area contributed by atoms with Crippen LogP contribution in [0.25, 0.3) is 16.8 Å². The molecule has 4 aromatic rings. The van der Waals surface area contributed by atoms with Gasteiger partial charge in [-0.2, -0.15) is 0 Å². The lowest BCUT2D eigenvalue weighted by atomic mass is 9.95. The molecule has 1 amide bonds. The second-order valence-electron chi connectivity index (χ2n) is 8.54. The Kier molecular flexibility index (Phi) is 5.49. The fraction of sp³-hybridized carbons (Fsp3) is 0.148. The number of para-hydroxylation sites is 2. The number of phenols is 1. The fourth-order valence-electron chi connectivity index (χ4n) is 4.26. The molecule has 1 aromatic heterocycles. The number of H-pyrrole nitrogens is 1. The van der Waals surface area contributed by atoms with Crippen molar-refractivity contribution < 1.29 is 24.5 Å². The normalized spacial score (nSPS) is 17.5. The van der Waals surface area contributed by atoms with Gasteiger partial charge in [0.2, 0.25) is 5.95 Å². The van der Waals surface area contributed by atoms with Crippen LogP contribution in [0.3, 0.4) is 0 Å². The number of ether oxygens (including phenoxy) is 1. The number of aliphatic hydroxyl groups is 1. The zero-order chi connectivity index (χ0) is 24.7. The van der Waals surface area contributed by atoms with Crippen LogP contribution in [0.1, 0.15) is 31.0 Å². The van der Waals surface area contributed by atoms with Crippen molar-refractivity contribution in [2.24, 2.45) is 0 Å². The van der Waals surface area contributed by atoms with Gasteiger partial charge in [-0.05, 0) is 55.8 Å². The number of nitrogens with zero attached hydrogens (tertiary/aromatic N) is 2. The summed E-state index contributed by atoms with van der Waals surface area (Å²) in [7, 11) is 0. The van der Waals surface area contributed by atoms with Crippen molar-refractivity contribution in [3.8, 4) is 11.5 Å². The van der Waals surface area contributed by atoms with Crippen LogP contribution < -0.4 is 9.64 Å². The minimum atomic E-state index is -1.02. The first-order chi connectivity index (χ1) is 16.8. The number of aromatic hydroxyl groups is 1. The van der Waals surface area contributed by atoms with Gasteiger partial charge in [-0.15, -0.1) is 0 Å². The number of ketones is 1. The van der Waals surface area contributed by atoms with Gasteiger partial charge in [0.25, 0.3) is 5.78 Å². The molecule has 0 saturated carbocycles. The van der Waals surface area contributed by atoms with Gasteiger partial charge in [0, 0.05) is 5.56 Å². The first-order valence-corrected chi connectivity index (χ1v) is 11.2. The van der Waals surface area contributed by atoms with Crippen molar-refractivity contribution in [3.05, 3.63) is 89.5 Å². The summed E-state index contributed by atoms with van der Waals surface area (Å²) >= 11 is 0. The Morgan fingerprint density at radius 2 is 1.80 bits per heavy atom. The van der Waals surface area contributed by atoms with Crippen LogP contribution in [0, 0.1) is 0 Å². The predicted octanol–water partition coefficient (Wildman–Crippen LogP) is 4.68. The molecule has 0 spiro atoms. The summed E-state index contributed by atoms with van der Waals surface area (Å²) in [4.78, 5) is 35.4. The van der Waals surface area contributed by atoms with E-state index in [1.807, 2.05) is 32.0 Å². The summed E-state index contributed by atoms with van der Waals surface area (Å²) in [6.07, 6.45) is -0.0849. The maximum absolute atomic E-state index is 13.3. The van der Waals surface area contributed by atoms with E-state index in [0.717, 1.165) is 0 Å². The molecule has 1 aliphatic rings. The molecule has 1 unspecified atom stereocenters. The molecule has 1 fully saturated rings. The summed E-state index contributed by atoms with van der Waals surface area (Å²) < 4.78 is 5.72. The number of carbonyl (C=O) groups excluding carboxylic acids is 2. The number of anilines is 1. The lowest BCUT2D eigenvalue weighted by Crippen LogP contribution is -2.30. The molecule has 1 atom stereocenters. The van der Waals surface area contributed by atoms with Gasteiger partial charge in [0.05, 0.1) is 28.8 Å². The van der Waals surface area contributed by atoms with E-state index in [1.54, 1.807) is 42.5 Å². The van der Waals surface area contributed by atoms with Gasteiger partial charge < -0.3 is 19.9 Å². The molecular weight excluding hydrogens is 446 g/mol. The first kappa shape index (κ1) is 22.2. The number of phenolic OH excluding ortho intramolecular Hbond substituents is 1. The molecule has 8 heteroatoms. The van der Waals surface area contributed by atoms with Crippen molar-refractivity contribution in [1.29, 1.82) is 0 Å². The fourth-order valence-corrected chi connectivity index (χ4v) is 4.26. The smallest absolute Gasteiger partial charge is 0.302 e. The van der Waals surface area contributed by atoms with E-state index in [9.17, 15) is 19.8 Å². The monoisotopic (exact) mass is 469 g/mol. The standard InChI is InChI=1S/C27H23N3O5/c1-15(2)35-19-10-6-8-17(14-19)24(32)22-23(16-7-5-9-18(31)13-16)30(26(34)25(22)33)27-28-20-11-3-4-12-21(20)29-27/h3-15,23,31-32H,1-2H3,(H,28,29)/b24-22+. The van der Waals surface area contributed by atoms with E-state index in [1.165, 1.54) is 17.0 Å². The maximum atomic E-state index is 13.3. The second-order valence-corrected chi connectivity index (χ2v) is 8.54. The van der Waals surface area contributed by atoms with Crippen LogP contribution in [0.15, 0.2) is 78.4 Å². The van der Waals surface area contributed by atoms with Crippen LogP contribution in [-0.4, -0.2) is 38.0 Å². The number of aromatic nitrogens is 2. The van der Waals surface area contributed by atoms with E-state index < -0.39 is 17.7 Å². The number of nitrogens with one attached hydrogen (secondary N) is 1. The molecule has 3 N–H and O–H groups in total. The average Bonchev–Trinajstić information content (AvgIpc) is 3.37. The second kappa shape index (κ2) is 8.64. The van der Waals surface area contributed by atoms with Crippen molar-refractivity contribution in [1.82, 2.24) is 9.97 Å². The van der Waals surface area contributed by atoms with Crippen LogP contribution >= 0.6 is 0 Å². The number of amides is 1. The molecule has 0 radical (unpaired) electrons. The number of hydrogen-bond donors (Lipinski definition) is 3. The van der Waals surface area contributed by atoms with E-state index >= 15 is 0 Å². The predicted molar refractivity (Wildman–Crippen MR) is 131 cm³/mol. The first-order valence-electron chi connectivity index (χ1n) is 11.2. The van der Waals surface area contributed by atoms with Gasteiger partial charge in [-0.25, -0.2) is 4.98 Å². The summed E-state index contributed by atoms with van der Waals surface area (Å²) in [6, 6.07) is 19.2. The number of aromatic amines is 1. The quantitative estimate of drug-likeness (QED) is 0.222. The number of aliphatic hydroxyl groups excluding tert-OH is 1. The number of rotatable bonds is 5. The largest absolute Gasteiger partial charge is 0.508 e. The van der Waals surface area contributed by atoms with Crippen LogP contribution in [0.2, 0.25) is 0 Å². The third-order valence-electron chi connectivity index (χ3n) is 5.71. The van der Waals surface area contributed by atoms with Gasteiger partial charge in [0.15, 0.2) is 0 Å². The highest BCUT2D eigenvalue weighted by Gasteiger charge is 2.48. The summed E-state index contributed by atoms with van der Waals surface area (Å²) in [5.74, 6) is -1.39. The Balaban J connectivity index is 1.70. The number of Topliss-reactive ketones (excluding diaryl/α,β-unsaturated/α-hetero) is 1. The molecule has 176 valence electrons. The highest BCUT2D eigenvalue weighted by atomic mass is 16.5. The van der Waals surface area contributed by atoms with Crippen LogP contribution in [0.4, 0.5) is 5.95 Å². The lowest BCUT2D eigenvalue weighted by Gasteiger charge is -2.23. The molecular formula is C27H23N3O5. The third-order valence-corrected chi connectivity index (χ3v) is 5.71. The molecule has 1 aliphatic heterocycles. The lowest BCUT2D eigenvalue weighted by molar-refractivity contribution is -0.132. The SMILES string of the molecule is CC(C)Oc1cccc(/C(O)=C2\C(=O)C(=O)N(c3nc4ccccc4[nH]3)C2c2cccc(O)c2)c1. The highest BCUT2D eigenvalue weighted by molar-refractivity contribution is 6.51. The highest BCUT2D eigenvalue weighted by Crippen LogP contribution is 2.42. The zero-order valence-corrected chi connectivity index (χ0v) is 19.1. The Morgan fingerprint density at radius 3 is 2.54 bits per heavy atom. The average molecular weight is 469 g/mol. The van der Waals surface area contributed by atoms with Gasteiger partial charge in [0.1, 0.15) is 17.3 Å². The van der Waals surface area contributed by atoms with Crippen molar-refractivity contribution in [3.63, 3.8) is 0 Å². The van der Waals surface area contributed by atoms with Crippen molar-refractivity contribution >= 4 is 34.4 Å². The maximum Gasteiger partial charge on any atom is 0.302 e. The Hall–Kier alpha value is -4.59. The number of carbonyl (C=O) groups is 2. The summed E-state index contributed by atoms with van der Waals surface area (Å²) in [5, 5.41) is 21.4. The molecule has 0 aliphatic carbocycles. The van der Waals surface area contributed by atoms with Gasteiger partial charge in [-0.3, -0.25) is 14.5 Å². The zero-order valence-electron chi connectivity index (χ0n) is 19.1. The topological polar surface area (TPSA) is 116 Å². The number of imidazole rings is 1. The van der Waals surface area contributed by atoms with Crippen LogP contribution in [0.5, 0.6) is 11.5 Å². The van der Waals surface area contributed by atoms with Gasteiger partial charge in [-0.1, -0.05) is 36.4 Å². The van der Waals surface area contributed by atoms with E-state index in [4.69, 9.17) is 4.74 Å². The Labute approximate surface area is 201 Å². The third kappa shape index (κ3) is 3.99. The molecule has 1 saturated heterocycles. The minimum Gasteiger partial charge on any atom is -0.508 e. The number of benzene rings is 3.